The number of rotatable bonds is 3. The predicted molar refractivity (Wildman–Crippen MR) is 97.2 cm³/mol. The fourth-order valence-electron chi connectivity index (χ4n) is 4.88. The lowest BCUT2D eigenvalue weighted by atomic mass is 9.99. The van der Waals surface area contributed by atoms with E-state index in [4.69, 9.17) is 9.72 Å². The molecular weight excluding hydrogens is 346 g/mol. The van der Waals surface area contributed by atoms with Crippen LogP contribution in [0.25, 0.3) is 0 Å². The van der Waals surface area contributed by atoms with E-state index in [0.29, 0.717) is 26.2 Å². The standard InChI is InChI=1S/C19H25N5O3/c25-17-2-1-5-23(17)12-18(26)24-13-3-4-16(24)14-11-20-19(21-15(14)10-13)22-6-8-27-9-7-22/h11,13,16H,1-10,12H2/t13-,16+/m1/s1. The lowest BCUT2D eigenvalue weighted by Crippen LogP contribution is -2.47. The van der Waals surface area contributed by atoms with Crippen LogP contribution in [0.2, 0.25) is 0 Å². The minimum atomic E-state index is 0.0581. The van der Waals surface area contributed by atoms with E-state index in [0.717, 1.165) is 56.0 Å². The minimum absolute atomic E-state index is 0.0581. The number of anilines is 1. The van der Waals surface area contributed by atoms with Crippen molar-refractivity contribution in [2.45, 2.75) is 44.2 Å². The van der Waals surface area contributed by atoms with Crippen LogP contribution in [0.5, 0.6) is 0 Å². The number of hydrogen-bond donors (Lipinski definition) is 0. The molecule has 0 saturated carbocycles. The molecule has 5 heterocycles. The van der Waals surface area contributed by atoms with Gasteiger partial charge in [-0.15, -0.1) is 0 Å². The Morgan fingerprint density at radius 1 is 1.22 bits per heavy atom. The van der Waals surface area contributed by atoms with Crippen molar-refractivity contribution in [2.75, 3.05) is 44.3 Å². The molecule has 1 aromatic heterocycles. The van der Waals surface area contributed by atoms with Gasteiger partial charge >= 0.3 is 0 Å². The summed E-state index contributed by atoms with van der Waals surface area (Å²) >= 11 is 0. The molecule has 8 nitrogen and oxygen atoms in total. The van der Waals surface area contributed by atoms with Crippen LogP contribution in [0.15, 0.2) is 6.20 Å². The number of ether oxygens (including phenoxy) is 1. The van der Waals surface area contributed by atoms with Crippen molar-refractivity contribution in [2.24, 2.45) is 0 Å². The average Bonchev–Trinajstić information content (AvgIpc) is 3.24. The van der Waals surface area contributed by atoms with Crippen LogP contribution in [-0.4, -0.2) is 77.0 Å². The van der Waals surface area contributed by atoms with Crippen molar-refractivity contribution in [3.63, 3.8) is 0 Å². The first-order chi connectivity index (χ1) is 13.2. The molecule has 4 aliphatic heterocycles. The Bertz CT molecular complexity index is 764. The normalized spacial score (nSPS) is 27.3. The van der Waals surface area contributed by atoms with Gasteiger partial charge in [0.1, 0.15) is 0 Å². The number of carbonyl (C=O) groups excluding carboxylic acids is 2. The third-order valence-corrected chi connectivity index (χ3v) is 6.26. The summed E-state index contributed by atoms with van der Waals surface area (Å²) in [4.78, 5) is 40.2. The van der Waals surface area contributed by atoms with Crippen molar-refractivity contribution < 1.29 is 14.3 Å². The molecule has 0 unspecified atom stereocenters. The summed E-state index contributed by atoms with van der Waals surface area (Å²) < 4.78 is 5.41. The number of fused-ring (bicyclic) bond motifs is 4. The topological polar surface area (TPSA) is 78.9 Å². The Morgan fingerprint density at radius 2 is 2.07 bits per heavy atom. The van der Waals surface area contributed by atoms with E-state index in [1.165, 1.54) is 0 Å². The molecule has 0 spiro atoms. The zero-order valence-corrected chi connectivity index (χ0v) is 15.5. The molecule has 4 aliphatic rings. The first kappa shape index (κ1) is 16.9. The fraction of sp³-hybridized carbons (Fsp3) is 0.684. The van der Waals surface area contributed by atoms with Crippen LogP contribution in [0.4, 0.5) is 5.95 Å². The highest BCUT2D eigenvalue weighted by molar-refractivity contribution is 5.86. The summed E-state index contributed by atoms with van der Waals surface area (Å²) in [7, 11) is 0. The van der Waals surface area contributed by atoms with Crippen molar-refractivity contribution in [3.8, 4) is 0 Å². The maximum absolute atomic E-state index is 13.0. The highest BCUT2D eigenvalue weighted by Gasteiger charge is 2.44. The molecule has 0 radical (unpaired) electrons. The van der Waals surface area contributed by atoms with Crippen molar-refractivity contribution in [3.05, 3.63) is 17.5 Å². The van der Waals surface area contributed by atoms with E-state index in [1.54, 1.807) is 4.90 Å². The molecule has 0 aliphatic carbocycles. The van der Waals surface area contributed by atoms with Gasteiger partial charge < -0.3 is 19.4 Å². The minimum Gasteiger partial charge on any atom is -0.378 e. The molecule has 2 atom stereocenters. The number of nitrogens with zero attached hydrogens (tertiary/aromatic N) is 5. The Morgan fingerprint density at radius 3 is 2.85 bits per heavy atom. The second-order valence-corrected chi connectivity index (χ2v) is 7.84. The summed E-state index contributed by atoms with van der Waals surface area (Å²) in [5.74, 6) is 0.950. The fourth-order valence-corrected chi connectivity index (χ4v) is 4.88. The van der Waals surface area contributed by atoms with Gasteiger partial charge in [0.05, 0.1) is 31.5 Å². The number of hydrogen-bond acceptors (Lipinski definition) is 6. The van der Waals surface area contributed by atoms with E-state index in [9.17, 15) is 9.59 Å². The van der Waals surface area contributed by atoms with Crippen LogP contribution < -0.4 is 4.90 Å². The Balaban J connectivity index is 1.35. The van der Waals surface area contributed by atoms with Crippen molar-refractivity contribution in [1.82, 2.24) is 19.8 Å². The third-order valence-electron chi connectivity index (χ3n) is 6.26. The molecule has 3 fully saturated rings. The molecule has 5 rings (SSSR count). The number of aromatic nitrogens is 2. The lowest BCUT2D eigenvalue weighted by Gasteiger charge is -2.37. The van der Waals surface area contributed by atoms with Gasteiger partial charge in [-0.1, -0.05) is 0 Å². The number of likely N-dealkylation sites (tertiary alicyclic amines) is 1. The van der Waals surface area contributed by atoms with Crippen molar-refractivity contribution >= 4 is 17.8 Å². The highest BCUT2D eigenvalue weighted by atomic mass is 16.5. The van der Waals surface area contributed by atoms with Gasteiger partial charge in [0, 0.05) is 50.3 Å². The number of amides is 2. The number of carbonyl (C=O) groups is 2. The summed E-state index contributed by atoms with van der Waals surface area (Å²) in [5, 5.41) is 0. The smallest absolute Gasteiger partial charge is 0.242 e. The Labute approximate surface area is 158 Å². The van der Waals surface area contributed by atoms with Crippen LogP contribution in [0, 0.1) is 0 Å². The van der Waals surface area contributed by atoms with Gasteiger partial charge in [-0.25, -0.2) is 9.97 Å². The van der Waals surface area contributed by atoms with Gasteiger partial charge in [-0.2, -0.15) is 0 Å². The van der Waals surface area contributed by atoms with Crippen LogP contribution in [0.1, 0.15) is 43.0 Å². The van der Waals surface area contributed by atoms with E-state index >= 15 is 0 Å². The summed E-state index contributed by atoms with van der Waals surface area (Å²) in [5.41, 5.74) is 2.17. The molecule has 27 heavy (non-hydrogen) atoms. The van der Waals surface area contributed by atoms with E-state index < -0.39 is 0 Å². The molecule has 1 aromatic rings. The van der Waals surface area contributed by atoms with Crippen LogP contribution in [0.3, 0.4) is 0 Å². The molecular formula is C19H25N5O3. The van der Waals surface area contributed by atoms with E-state index in [-0.39, 0.29) is 30.4 Å². The van der Waals surface area contributed by atoms with Crippen LogP contribution >= 0.6 is 0 Å². The van der Waals surface area contributed by atoms with Crippen LogP contribution in [-0.2, 0) is 20.7 Å². The second-order valence-electron chi connectivity index (χ2n) is 7.84. The first-order valence-corrected chi connectivity index (χ1v) is 9.98. The largest absolute Gasteiger partial charge is 0.378 e. The van der Waals surface area contributed by atoms with Gasteiger partial charge in [-0.3, -0.25) is 9.59 Å². The molecule has 0 N–H and O–H groups in total. The second kappa shape index (κ2) is 6.74. The highest BCUT2D eigenvalue weighted by Crippen LogP contribution is 2.43. The van der Waals surface area contributed by atoms with E-state index in [2.05, 4.69) is 9.88 Å². The zero-order chi connectivity index (χ0) is 18.4. The third kappa shape index (κ3) is 2.96. The predicted octanol–water partition coefficient (Wildman–Crippen LogP) is 0.524. The maximum atomic E-state index is 13.0. The monoisotopic (exact) mass is 371 g/mol. The molecule has 2 amide bonds. The number of morpholine rings is 1. The summed E-state index contributed by atoms with van der Waals surface area (Å²) in [6.07, 6.45) is 6.08. The van der Waals surface area contributed by atoms with E-state index in [1.807, 2.05) is 11.1 Å². The molecule has 3 saturated heterocycles. The molecule has 0 aromatic carbocycles. The maximum Gasteiger partial charge on any atom is 0.242 e. The molecule has 2 bridgehead atoms. The quantitative estimate of drug-likeness (QED) is 0.771. The Kier molecular flexibility index (Phi) is 4.22. The van der Waals surface area contributed by atoms with Crippen molar-refractivity contribution in [1.29, 1.82) is 0 Å². The lowest BCUT2D eigenvalue weighted by molar-refractivity contribution is -0.140. The van der Waals surface area contributed by atoms with Gasteiger partial charge in [0.2, 0.25) is 17.8 Å². The average molecular weight is 371 g/mol. The van der Waals surface area contributed by atoms with Gasteiger partial charge in [0.15, 0.2) is 0 Å². The summed E-state index contributed by atoms with van der Waals surface area (Å²) in [6.45, 7) is 3.98. The summed E-state index contributed by atoms with van der Waals surface area (Å²) in [6, 6.07) is 0.253. The SMILES string of the molecule is O=C1CCCN1CC(=O)N1[C@@H]2CC[C@H]1c1cnc(N3CCOCC3)nc1C2. The first-order valence-electron chi connectivity index (χ1n) is 9.98. The molecule has 8 heteroatoms. The zero-order valence-electron chi connectivity index (χ0n) is 15.5. The van der Waals surface area contributed by atoms with Gasteiger partial charge in [0.25, 0.3) is 0 Å². The van der Waals surface area contributed by atoms with Gasteiger partial charge in [-0.05, 0) is 19.3 Å². The molecule has 144 valence electrons. The Hall–Kier alpha value is -2.22.